The summed E-state index contributed by atoms with van der Waals surface area (Å²) < 4.78 is 55.6. The number of nitrogens with one attached hydrogen (secondary N) is 1. The van der Waals surface area contributed by atoms with Crippen LogP contribution in [0.4, 0.5) is 23.2 Å². The summed E-state index contributed by atoms with van der Waals surface area (Å²) in [6.07, 6.45) is -1.33. The van der Waals surface area contributed by atoms with Crippen LogP contribution in [0.15, 0.2) is 60.7 Å². The highest BCUT2D eigenvalue weighted by Crippen LogP contribution is 2.39. The molecule has 1 N–H and O–H groups in total. The summed E-state index contributed by atoms with van der Waals surface area (Å²) in [4.78, 5) is 31.6. The molecule has 228 valence electrons. The van der Waals surface area contributed by atoms with Crippen LogP contribution in [0, 0.1) is 25.6 Å². The molecule has 2 heterocycles. The largest absolute Gasteiger partial charge is 0.416 e. The molecule has 43 heavy (non-hydrogen) atoms. The van der Waals surface area contributed by atoms with Gasteiger partial charge in [-0.05, 0) is 93.5 Å². The molecule has 0 spiro atoms. The molecule has 3 aromatic rings. The fraction of sp³-hybridized carbons (Fsp3) is 0.412. The van der Waals surface area contributed by atoms with Crippen molar-refractivity contribution in [2.75, 3.05) is 18.4 Å². The number of carbonyl (C=O) groups is 2. The van der Waals surface area contributed by atoms with E-state index in [-0.39, 0.29) is 16.8 Å². The van der Waals surface area contributed by atoms with Crippen molar-refractivity contribution in [3.05, 3.63) is 99.9 Å². The minimum atomic E-state index is -4.56. The number of nitrogens with zero attached hydrogens (tertiary/aromatic N) is 2. The number of alkyl halides is 3. The maximum atomic E-state index is 15.0. The number of likely N-dealkylation sites (tertiary alicyclic amines) is 2. The first-order chi connectivity index (χ1) is 20.4. The van der Waals surface area contributed by atoms with Gasteiger partial charge in [0.25, 0.3) is 5.91 Å². The second-order valence-corrected chi connectivity index (χ2v) is 11.8. The second kappa shape index (κ2) is 12.5. The van der Waals surface area contributed by atoms with E-state index in [9.17, 15) is 27.2 Å². The molecule has 0 bridgehead atoms. The average molecular weight is 596 g/mol. The maximum absolute atomic E-state index is 15.0. The molecular formula is C34H37F4N3O2. The van der Waals surface area contributed by atoms with Crippen molar-refractivity contribution in [1.82, 2.24) is 9.80 Å². The lowest BCUT2D eigenvalue weighted by Gasteiger charge is -2.41. The van der Waals surface area contributed by atoms with Crippen LogP contribution in [0.3, 0.4) is 0 Å². The molecule has 1 unspecified atom stereocenters. The normalized spacial score (nSPS) is 21.2. The predicted molar refractivity (Wildman–Crippen MR) is 158 cm³/mol. The lowest BCUT2D eigenvalue weighted by atomic mass is 9.83. The van der Waals surface area contributed by atoms with Crippen LogP contribution >= 0.6 is 0 Å². The van der Waals surface area contributed by atoms with E-state index in [1.807, 2.05) is 24.3 Å². The molecule has 0 saturated carbocycles. The summed E-state index contributed by atoms with van der Waals surface area (Å²) in [5.41, 5.74) is 1.55. The van der Waals surface area contributed by atoms with Gasteiger partial charge in [-0.2, -0.15) is 13.2 Å². The molecule has 5 rings (SSSR count). The number of hydrogen-bond acceptors (Lipinski definition) is 3. The van der Waals surface area contributed by atoms with Crippen LogP contribution in [0.1, 0.15) is 76.8 Å². The molecule has 5 nitrogen and oxygen atoms in total. The quantitative estimate of drug-likeness (QED) is 0.298. The topological polar surface area (TPSA) is 52.7 Å². The molecule has 2 aliphatic heterocycles. The second-order valence-electron chi connectivity index (χ2n) is 11.8. The number of halogens is 4. The van der Waals surface area contributed by atoms with Crippen LogP contribution in [0.25, 0.3) is 0 Å². The first-order valence-corrected chi connectivity index (χ1v) is 14.8. The van der Waals surface area contributed by atoms with Crippen molar-refractivity contribution < 1.29 is 27.2 Å². The highest BCUT2D eigenvalue weighted by Gasteiger charge is 2.41. The molecule has 2 saturated heterocycles. The van der Waals surface area contributed by atoms with Gasteiger partial charge < -0.3 is 10.2 Å². The van der Waals surface area contributed by atoms with Gasteiger partial charge in [0.2, 0.25) is 5.91 Å². The molecule has 0 aliphatic carbocycles. The van der Waals surface area contributed by atoms with E-state index in [0.29, 0.717) is 31.0 Å². The first-order valence-electron chi connectivity index (χ1n) is 14.8. The van der Waals surface area contributed by atoms with Gasteiger partial charge in [-0.3, -0.25) is 14.5 Å². The van der Waals surface area contributed by atoms with Gasteiger partial charge in [-0.15, -0.1) is 0 Å². The fourth-order valence-electron chi connectivity index (χ4n) is 6.48. The molecule has 0 radical (unpaired) electrons. The van der Waals surface area contributed by atoms with Gasteiger partial charge in [-0.25, -0.2) is 4.39 Å². The van der Waals surface area contributed by atoms with Crippen molar-refractivity contribution in [2.24, 2.45) is 5.92 Å². The van der Waals surface area contributed by atoms with Gasteiger partial charge in [0.15, 0.2) is 0 Å². The minimum absolute atomic E-state index is 0.0326. The van der Waals surface area contributed by atoms with Crippen molar-refractivity contribution in [1.29, 1.82) is 0 Å². The van der Waals surface area contributed by atoms with Gasteiger partial charge in [0.1, 0.15) is 5.82 Å². The number of anilines is 1. The third-order valence-electron chi connectivity index (χ3n) is 8.87. The Balaban J connectivity index is 1.48. The summed E-state index contributed by atoms with van der Waals surface area (Å²) in [6.45, 7) is 7.40. The third kappa shape index (κ3) is 6.61. The molecule has 3 atom stereocenters. The fourth-order valence-corrected chi connectivity index (χ4v) is 6.48. The number of aryl methyl sites for hydroxylation is 2. The number of rotatable bonds is 6. The Bertz CT molecular complexity index is 1470. The summed E-state index contributed by atoms with van der Waals surface area (Å²) >= 11 is 0. The van der Waals surface area contributed by atoms with Crippen molar-refractivity contribution >= 4 is 17.5 Å². The first kappa shape index (κ1) is 30.7. The molecule has 0 aromatic heterocycles. The zero-order chi connectivity index (χ0) is 30.9. The van der Waals surface area contributed by atoms with Crippen LogP contribution in [0.5, 0.6) is 0 Å². The molecule has 2 fully saturated rings. The number of piperidine rings is 1. The molecule has 9 heteroatoms. The minimum Gasteiger partial charge on any atom is -0.331 e. The SMILES string of the molecule is Cc1ccc(NC(=O)[C@H]2CCCN(C(=O)c3c(C)cccc3F)[C@H]2c2ccc(CN3CCCC3C)cc2)cc1C(F)(F)F. The Morgan fingerprint density at radius 3 is 2.30 bits per heavy atom. The van der Waals surface area contributed by atoms with E-state index < -0.39 is 41.3 Å². The lowest BCUT2D eigenvalue weighted by molar-refractivity contribution is -0.138. The number of amides is 2. The Kier molecular flexibility index (Phi) is 8.92. The van der Waals surface area contributed by atoms with Gasteiger partial charge >= 0.3 is 6.18 Å². The summed E-state index contributed by atoms with van der Waals surface area (Å²) in [5, 5.41) is 2.68. The Morgan fingerprint density at radius 1 is 0.930 bits per heavy atom. The number of carbonyl (C=O) groups excluding carboxylic acids is 2. The van der Waals surface area contributed by atoms with Gasteiger partial charge in [0, 0.05) is 24.8 Å². The molecule has 3 aromatic carbocycles. The summed E-state index contributed by atoms with van der Waals surface area (Å²) in [5.74, 6) is -2.39. The van der Waals surface area contributed by atoms with E-state index >= 15 is 0 Å². The Labute approximate surface area is 249 Å². The van der Waals surface area contributed by atoms with Crippen molar-refractivity contribution in [3.8, 4) is 0 Å². The van der Waals surface area contributed by atoms with Crippen LogP contribution in [-0.4, -0.2) is 40.7 Å². The Hall–Kier alpha value is -3.72. The predicted octanol–water partition coefficient (Wildman–Crippen LogP) is 7.68. The maximum Gasteiger partial charge on any atom is 0.416 e. The zero-order valence-corrected chi connectivity index (χ0v) is 24.7. The lowest BCUT2D eigenvalue weighted by Crippen LogP contribution is -2.46. The zero-order valence-electron chi connectivity index (χ0n) is 24.7. The van der Waals surface area contributed by atoms with E-state index in [0.717, 1.165) is 43.1 Å². The summed E-state index contributed by atoms with van der Waals surface area (Å²) in [6, 6.07) is 15.8. The van der Waals surface area contributed by atoms with Crippen molar-refractivity contribution in [3.63, 3.8) is 0 Å². The van der Waals surface area contributed by atoms with Crippen molar-refractivity contribution in [2.45, 2.75) is 71.3 Å². The highest BCUT2D eigenvalue weighted by atomic mass is 19.4. The third-order valence-corrected chi connectivity index (χ3v) is 8.87. The summed E-state index contributed by atoms with van der Waals surface area (Å²) in [7, 11) is 0. The highest BCUT2D eigenvalue weighted by molar-refractivity contribution is 5.98. The van der Waals surface area contributed by atoms with E-state index in [4.69, 9.17) is 0 Å². The monoisotopic (exact) mass is 595 g/mol. The average Bonchev–Trinajstić information content (AvgIpc) is 3.37. The smallest absolute Gasteiger partial charge is 0.331 e. The molecule has 2 amide bonds. The number of hydrogen-bond donors (Lipinski definition) is 1. The molecular weight excluding hydrogens is 558 g/mol. The standard InChI is InChI=1S/C34H37F4N3O2/c1-21-11-16-26(19-28(21)34(36,37)38)39-32(42)27-9-6-18-41(33(43)30-22(2)7-4-10-29(30)35)31(27)25-14-12-24(13-15-25)20-40-17-5-8-23(40)3/h4,7,10-16,19,23,27,31H,5-6,8-9,17-18,20H2,1-3H3,(H,39,42)/t23?,27-,31-/m0/s1. The van der Waals surface area contributed by atoms with Gasteiger partial charge in [-0.1, -0.05) is 42.5 Å². The molecule has 2 aliphatic rings. The van der Waals surface area contributed by atoms with E-state index in [1.165, 1.54) is 25.1 Å². The van der Waals surface area contributed by atoms with E-state index in [2.05, 4.69) is 17.1 Å². The van der Waals surface area contributed by atoms with Crippen LogP contribution < -0.4 is 5.32 Å². The van der Waals surface area contributed by atoms with Crippen LogP contribution in [-0.2, 0) is 17.5 Å². The van der Waals surface area contributed by atoms with Gasteiger partial charge in [0.05, 0.1) is 23.1 Å². The van der Waals surface area contributed by atoms with Crippen LogP contribution in [0.2, 0.25) is 0 Å². The van der Waals surface area contributed by atoms with E-state index in [1.54, 1.807) is 24.0 Å². The number of benzene rings is 3. The Morgan fingerprint density at radius 2 is 1.65 bits per heavy atom.